The van der Waals surface area contributed by atoms with Gasteiger partial charge in [0.25, 0.3) is 0 Å². The third-order valence-corrected chi connectivity index (χ3v) is 3.73. The van der Waals surface area contributed by atoms with E-state index in [1.807, 2.05) is 23.6 Å². The summed E-state index contributed by atoms with van der Waals surface area (Å²) in [7, 11) is 1.65. The predicted molar refractivity (Wildman–Crippen MR) is 75.1 cm³/mol. The number of nitrogens with zero attached hydrogens (tertiary/aromatic N) is 2. The van der Waals surface area contributed by atoms with E-state index in [1.165, 1.54) is 0 Å². The van der Waals surface area contributed by atoms with Crippen LogP contribution in [-0.4, -0.2) is 16.7 Å². The molecule has 0 aliphatic rings. The highest BCUT2D eigenvalue weighted by Gasteiger charge is 2.14. The van der Waals surface area contributed by atoms with E-state index in [2.05, 4.69) is 21.0 Å². The Morgan fingerprint density at radius 1 is 1.39 bits per heavy atom. The van der Waals surface area contributed by atoms with E-state index in [4.69, 9.17) is 16.3 Å². The summed E-state index contributed by atoms with van der Waals surface area (Å²) in [4.78, 5) is 4.57. The van der Waals surface area contributed by atoms with Gasteiger partial charge in [-0.25, -0.2) is 4.98 Å². The molecule has 0 bridgehead atoms. The fraction of sp³-hybridized carbons (Fsp3) is 0.154. The van der Waals surface area contributed by atoms with Crippen LogP contribution in [-0.2, 0) is 5.88 Å². The summed E-state index contributed by atoms with van der Waals surface area (Å²) < 4.78 is 7.41. The van der Waals surface area contributed by atoms with Crippen molar-refractivity contribution in [2.75, 3.05) is 7.11 Å². The Morgan fingerprint density at radius 2 is 2.28 bits per heavy atom. The molecule has 18 heavy (non-hydrogen) atoms. The molecule has 0 aliphatic heterocycles. The van der Waals surface area contributed by atoms with E-state index in [1.54, 1.807) is 18.4 Å². The standard InChI is InChI=1S/C13H11ClN2OS/c1-17-11-4-2-3-10-13(11)15-12(7-14)16(10)9-5-6-18-8-9/h2-6,8H,7H2,1H3. The SMILES string of the molecule is COc1cccc2c1nc(CCl)n2-c1ccsc1. The minimum Gasteiger partial charge on any atom is -0.494 e. The summed E-state index contributed by atoms with van der Waals surface area (Å²) in [5, 5.41) is 4.12. The van der Waals surface area contributed by atoms with Crippen LogP contribution < -0.4 is 4.74 Å². The number of rotatable bonds is 3. The maximum Gasteiger partial charge on any atom is 0.146 e. The quantitative estimate of drug-likeness (QED) is 0.681. The van der Waals surface area contributed by atoms with Crippen LogP contribution in [0.15, 0.2) is 35.0 Å². The van der Waals surface area contributed by atoms with Crippen molar-refractivity contribution in [1.82, 2.24) is 9.55 Å². The van der Waals surface area contributed by atoms with E-state index in [-0.39, 0.29) is 0 Å². The molecule has 0 unspecified atom stereocenters. The molecule has 3 rings (SSSR count). The zero-order valence-electron chi connectivity index (χ0n) is 9.76. The Bertz CT molecular complexity index is 676. The fourth-order valence-electron chi connectivity index (χ4n) is 2.05. The van der Waals surface area contributed by atoms with Crippen molar-refractivity contribution < 1.29 is 4.74 Å². The van der Waals surface area contributed by atoms with Crippen molar-refractivity contribution >= 4 is 34.0 Å². The van der Waals surface area contributed by atoms with Gasteiger partial charge in [0.05, 0.1) is 24.2 Å². The predicted octanol–water partition coefficient (Wildman–Crippen LogP) is 3.83. The summed E-state index contributed by atoms with van der Waals surface area (Å²) in [6.07, 6.45) is 0. The van der Waals surface area contributed by atoms with Crippen LogP contribution >= 0.6 is 22.9 Å². The number of thiophene rings is 1. The summed E-state index contributed by atoms with van der Waals surface area (Å²) in [6.45, 7) is 0. The summed E-state index contributed by atoms with van der Waals surface area (Å²) in [5.74, 6) is 1.97. The number of halogens is 1. The number of benzene rings is 1. The summed E-state index contributed by atoms with van der Waals surface area (Å²) in [6, 6.07) is 7.95. The molecule has 0 spiro atoms. The van der Waals surface area contributed by atoms with Gasteiger partial charge in [0.2, 0.25) is 0 Å². The number of imidazole rings is 1. The number of ether oxygens (including phenoxy) is 1. The van der Waals surface area contributed by atoms with Gasteiger partial charge in [-0.1, -0.05) is 6.07 Å². The molecule has 5 heteroatoms. The number of alkyl halides is 1. The highest BCUT2D eigenvalue weighted by atomic mass is 35.5. The zero-order valence-corrected chi connectivity index (χ0v) is 11.3. The van der Waals surface area contributed by atoms with Crippen molar-refractivity contribution in [3.05, 3.63) is 40.8 Å². The third kappa shape index (κ3) is 1.69. The van der Waals surface area contributed by atoms with Crippen molar-refractivity contribution in [2.24, 2.45) is 0 Å². The summed E-state index contributed by atoms with van der Waals surface area (Å²) in [5.41, 5.74) is 2.96. The second-order valence-corrected chi connectivity index (χ2v) is 4.85. The van der Waals surface area contributed by atoms with Crippen molar-refractivity contribution in [1.29, 1.82) is 0 Å². The van der Waals surface area contributed by atoms with Gasteiger partial charge >= 0.3 is 0 Å². The van der Waals surface area contributed by atoms with Crippen molar-refractivity contribution in [3.8, 4) is 11.4 Å². The highest BCUT2D eigenvalue weighted by Crippen LogP contribution is 2.29. The maximum absolute atomic E-state index is 6.00. The van der Waals surface area contributed by atoms with Gasteiger partial charge < -0.3 is 4.74 Å². The molecule has 0 aliphatic carbocycles. The Balaban J connectivity index is 2.36. The molecule has 0 atom stereocenters. The smallest absolute Gasteiger partial charge is 0.146 e. The molecule has 0 saturated carbocycles. The molecular weight excluding hydrogens is 268 g/mol. The normalized spacial score (nSPS) is 11.0. The molecule has 0 amide bonds. The second kappa shape index (κ2) is 4.63. The number of para-hydroxylation sites is 1. The van der Waals surface area contributed by atoms with E-state index in [9.17, 15) is 0 Å². The molecule has 2 aromatic heterocycles. The van der Waals surface area contributed by atoms with Crippen LogP contribution in [0.2, 0.25) is 0 Å². The lowest BCUT2D eigenvalue weighted by Gasteiger charge is -2.05. The van der Waals surface area contributed by atoms with Gasteiger partial charge in [-0.05, 0) is 23.6 Å². The van der Waals surface area contributed by atoms with Crippen LogP contribution in [0.1, 0.15) is 5.82 Å². The Kier molecular flexibility index (Phi) is 2.97. The molecule has 1 aromatic carbocycles. The number of fused-ring (bicyclic) bond motifs is 1. The maximum atomic E-state index is 6.00. The minimum atomic E-state index is 0.369. The Labute approximate surface area is 114 Å². The molecule has 3 nitrogen and oxygen atoms in total. The van der Waals surface area contributed by atoms with Crippen LogP contribution in [0.5, 0.6) is 5.75 Å². The van der Waals surface area contributed by atoms with E-state index in [0.29, 0.717) is 5.88 Å². The van der Waals surface area contributed by atoms with Crippen molar-refractivity contribution in [3.63, 3.8) is 0 Å². The van der Waals surface area contributed by atoms with Crippen LogP contribution in [0.4, 0.5) is 0 Å². The number of methoxy groups -OCH3 is 1. The lowest BCUT2D eigenvalue weighted by Crippen LogP contribution is -1.97. The van der Waals surface area contributed by atoms with Gasteiger partial charge in [-0.15, -0.1) is 11.6 Å². The lowest BCUT2D eigenvalue weighted by atomic mass is 10.3. The summed E-state index contributed by atoms with van der Waals surface area (Å²) >= 11 is 7.65. The third-order valence-electron chi connectivity index (χ3n) is 2.82. The minimum absolute atomic E-state index is 0.369. The first kappa shape index (κ1) is 11.6. The molecular formula is C13H11ClN2OS. The monoisotopic (exact) mass is 278 g/mol. The number of hydrogen-bond donors (Lipinski definition) is 0. The van der Waals surface area contributed by atoms with Gasteiger partial charge in [0, 0.05) is 5.38 Å². The van der Waals surface area contributed by atoms with Crippen molar-refractivity contribution in [2.45, 2.75) is 5.88 Å². The van der Waals surface area contributed by atoms with Crippen LogP contribution in [0.25, 0.3) is 16.7 Å². The topological polar surface area (TPSA) is 27.1 Å². The van der Waals surface area contributed by atoms with Crippen LogP contribution in [0, 0.1) is 0 Å². The molecule has 0 saturated heterocycles. The van der Waals surface area contributed by atoms with Gasteiger partial charge in [0.1, 0.15) is 17.1 Å². The molecule has 3 aromatic rings. The fourth-order valence-corrected chi connectivity index (χ4v) is 2.85. The van der Waals surface area contributed by atoms with E-state index < -0.39 is 0 Å². The molecule has 92 valence electrons. The average Bonchev–Trinajstić information content (AvgIpc) is 3.03. The molecule has 0 fully saturated rings. The molecule has 0 radical (unpaired) electrons. The second-order valence-electron chi connectivity index (χ2n) is 3.81. The largest absolute Gasteiger partial charge is 0.494 e. The molecule has 2 heterocycles. The van der Waals surface area contributed by atoms with E-state index in [0.717, 1.165) is 28.3 Å². The van der Waals surface area contributed by atoms with Gasteiger partial charge in [-0.2, -0.15) is 11.3 Å². The van der Waals surface area contributed by atoms with Gasteiger partial charge in [0.15, 0.2) is 0 Å². The number of aromatic nitrogens is 2. The zero-order chi connectivity index (χ0) is 12.5. The Hall–Kier alpha value is -1.52. The highest BCUT2D eigenvalue weighted by molar-refractivity contribution is 7.08. The lowest BCUT2D eigenvalue weighted by molar-refractivity contribution is 0.419. The van der Waals surface area contributed by atoms with E-state index >= 15 is 0 Å². The average molecular weight is 279 g/mol. The first-order valence-electron chi connectivity index (χ1n) is 5.48. The molecule has 0 N–H and O–H groups in total. The first-order chi connectivity index (χ1) is 8.85. The number of hydrogen-bond acceptors (Lipinski definition) is 3. The first-order valence-corrected chi connectivity index (χ1v) is 6.95. The van der Waals surface area contributed by atoms with Crippen LogP contribution in [0.3, 0.4) is 0 Å². The Morgan fingerprint density at radius 3 is 2.94 bits per heavy atom. The van der Waals surface area contributed by atoms with Gasteiger partial charge in [-0.3, -0.25) is 4.57 Å².